The van der Waals surface area contributed by atoms with E-state index in [1.807, 2.05) is 6.92 Å². The van der Waals surface area contributed by atoms with Crippen molar-refractivity contribution < 1.29 is 14.7 Å². The molecule has 1 saturated heterocycles. The Morgan fingerprint density at radius 1 is 1.47 bits per heavy atom. The third-order valence-electron chi connectivity index (χ3n) is 3.89. The van der Waals surface area contributed by atoms with E-state index < -0.39 is 11.9 Å². The van der Waals surface area contributed by atoms with E-state index in [4.69, 9.17) is 5.11 Å². The van der Waals surface area contributed by atoms with Gasteiger partial charge in [0.05, 0.1) is 0 Å². The Morgan fingerprint density at radius 2 is 2.13 bits per heavy atom. The van der Waals surface area contributed by atoms with Gasteiger partial charge < -0.3 is 10.4 Å². The monoisotopic (exact) mass is 211 g/mol. The van der Waals surface area contributed by atoms with Crippen molar-refractivity contribution in [3.63, 3.8) is 0 Å². The van der Waals surface area contributed by atoms with Crippen molar-refractivity contribution in [2.45, 2.75) is 38.6 Å². The minimum atomic E-state index is -0.959. The van der Waals surface area contributed by atoms with E-state index in [9.17, 15) is 9.59 Å². The molecule has 4 atom stereocenters. The summed E-state index contributed by atoms with van der Waals surface area (Å²) in [6.07, 6.45) is 3.92. The molecule has 0 aromatic carbocycles. The number of carbonyl (C=O) groups is 2. The highest BCUT2D eigenvalue weighted by Crippen LogP contribution is 2.42. The predicted molar refractivity (Wildman–Crippen MR) is 54.2 cm³/mol. The number of carboxylic acids is 1. The number of fused-ring (bicyclic) bond motifs is 1. The third-order valence-corrected chi connectivity index (χ3v) is 3.89. The molecule has 4 unspecified atom stereocenters. The molecule has 15 heavy (non-hydrogen) atoms. The molecule has 1 heterocycles. The summed E-state index contributed by atoms with van der Waals surface area (Å²) in [4.78, 5) is 22.7. The Bertz CT molecular complexity index is 290. The molecule has 2 fully saturated rings. The number of hydrogen-bond acceptors (Lipinski definition) is 2. The highest BCUT2D eigenvalue weighted by molar-refractivity contribution is 5.98. The maximum atomic E-state index is 11.7. The van der Waals surface area contributed by atoms with Crippen LogP contribution in [0.1, 0.15) is 32.6 Å². The summed E-state index contributed by atoms with van der Waals surface area (Å²) >= 11 is 0. The number of amides is 1. The van der Waals surface area contributed by atoms with E-state index >= 15 is 0 Å². The number of carboxylic acid groups (broad SMARTS) is 1. The highest BCUT2D eigenvalue weighted by atomic mass is 16.4. The fourth-order valence-electron chi connectivity index (χ4n) is 3.20. The second-order valence-corrected chi connectivity index (χ2v) is 4.60. The molecule has 4 heteroatoms. The van der Waals surface area contributed by atoms with Crippen molar-refractivity contribution >= 4 is 11.9 Å². The molecule has 1 aliphatic heterocycles. The van der Waals surface area contributed by atoms with Crippen LogP contribution < -0.4 is 5.32 Å². The molecule has 1 saturated carbocycles. The molecule has 0 radical (unpaired) electrons. The van der Waals surface area contributed by atoms with E-state index in [0.29, 0.717) is 5.92 Å². The summed E-state index contributed by atoms with van der Waals surface area (Å²) in [5.74, 6) is -1.59. The number of piperidine rings is 1. The average molecular weight is 211 g/mol. The zero-order chi connectivity index (χ0) is 11.0. The van der Waals surface area contributed by atoms with Crippen molar-refractivity contribution in [3.05, 3.63) is 0 Å². The van der Waals surface area contributed by atoms with Gasteiger partial charge in [0, 0.05) is 6.04 Å². The van der Waals surface area contributed by atoms with Gasteiger partial charge in [0.25, 0.3) is 0 Å². The first kappa shape index (κ1) is 10.5. The number of nitrogens with one attached hydrogen (secondary N) is 1. The number of carbonyl (C=O) groups excluding carboxylic acids is 1. The summed E-state index contributed by atoms with van der Waals surface area (Å²) in [7, 11) is 0. The van der Waals surface area contributed by atoms with Crippen LogP contribution in [0.15, 0.2) is 0 Å². The van der Waals surface area contributed by atoms with E-state index in [1.165, 1.54) is 0 Å². The predicted octanol–water partition coefficient (Wildman–Crippen LogP) is 1.01. The van der Waals surface area contributed by atoms with Crippen molar-refractivity contribution in [1.29, 1.82) is 0 Å². The average Bonchev–Trinajstić information content (AvgIpc) is 2.63. The largest absolute Gasteiger partial charge is 0.481 e. The maximum Gasteiger partial charge on any atom is 0.316 e. The summed E-state index contributed by atoms with van der Waals surface area (Å²) in [6.45, 7) is 2.04. The van der Waals surface area contributed by atoms with Crippen LogP contribution in [0.25, 0.3) is 0 Å². The number of rotatable bonds is 2. The Kier molecular flexibility index (Phi) is 2.67. The van der Waals surface area contributed by atoms with E-state index in [-0.39, 0.29) is 17.9 Å². The minimum absolute atomic E-state index is 0.0706. The topological polar surface area (TPSA) is 66.4 Å². The first-order valence-corrected chi connectivity index (χ1v) is 5.68. The summed E-state index contributed by atoms with van der Waals surface area (Å²) in [6, 6.07) is 0.195. The molecular weight excluding hydrogens is 194 g/mol. The lowest BCUT2D eigenvalue weighted by molar-refractivity contribution is -0.153. The molecule has 2 N–H and O–H groups in total. The molecular formula is C11H17NO3. The molecule has 0 aromatic heterocycles. The second-order valence-electron chi connectivity index (χ2n) is 4.60. The number of hydrogen-bond donors (Lipinski definition) is 2. The zero-order valence-corrected chi connectivity index (χ0v) is 8.90. The fourth-order valence-corrected chi connectivity index (χ4v) is 3.20. The van der Waals surface area contributed by atoms with Gasteiger partial charge in [0.15, 0.2) is 0 Å². The Morgan fingerprint density at radius 3 is 2.73 bits per heavy atom. The highest BCUT2D eigenvalue weighted by Gasteiger charge is 2.48. The van der Waals surface area contributed by atoms with E-state index in [1.54, 1.807) is 0 Å². The van der Waals surface area contributed by atoms with Gasteiger partial charge in [0.2, 0.25) is 5.91 Å². The van der Waals surface area contributed by atoms with Crippen LogP contribution in [0.3, 0.4) is 0 Å². The van der Waals surface area contributed by atoms with Gasteiger partial charge in [-0.3, -0.25) is 9.59 Å². The minimum Gasteiger partial charge on any atom is -0.481 e. The normalized spacial score (nSPS) is 39.7. The van der Waals surface area contributed by atoms with Gasteiger partial charge >= 0.3 is 5.97 Å². The van der Waals surface area contributed by atoms with Gasteiger partial charge in [-0.05, 0) is 31.1 Å². The lowest BCUT2D eigenvalue weighted by Gasteiger charge is -2.37. The van der Waals surface area contributed by atoms with Crippen molar-refractivity contribution in [2.24, 2.45) is 17.8 Å². The molecule has 4 nitrogen and oxygen atoms in total. The van der Waals surface area contributed by atoms with Crippen LogP contribution in [-0.2, 0) is 9.59 Å². The van der Waals surface area contributed by atoms with Gasteiger partial charge in [0.1, 0.15) is 5.92 Å². The first-order chi connectivity index (χ1) is 7.15. The first-order valence-electron chi connectivity index (χ1n) is 5.68. The fraction of sp³-hybridized carbons (Fsp3) is 0.818. The second kappa shape index (κ2) is 3.83. The SMILES string of the molecule is CCC1NC(=O)C(C(=O)O)C2CCCC12. The molecule has 2 rings (SSSR count). The molecule has 0 spiro atoms. The van der Waals surface area contributed by atoms with Crippen LogP contribution >= 0.6 is 0 Å². The molecule has 84 valence electrons. The van der Waals surface area contributed by atoms with Crippen LogP contribution in [0.5, 0.6) is 0 Å². The van der Waals surface area contributed by atoms with Gasteiger partial charge in [-0.1, -0.05) is 13.3 Å². The van der Waals surface area contributed by atoms with Crippen molar-refractivity contribution in [1.82, 2.24) is 5.32 Å². The summed E-state index contributed by atoms with van der Waals surface area (Å²) in [5.41, 5.74) is 0. The molecule has 2 aliphatic rings. The molecule has 0 aromatic rings. The van der Waals surface area contributed by atoms with Gasteiger partial charge in [-0.2, -0.15) is 0 Å². The Labute approximate surface area is 89.0 Å². The lowest BCUT2D eigenvalue weighted by atomic mass is 9.75. The quantitative estimate of drug-likeness (QED) is 0.670. The Balaban J connectivity index is 2.23. The number of aliphatic carboxylic acids is 1. The maximum absolute atomic E-state index is 11.7. The lowest BCUT2D eigenvalue weighted by Crippen LogP contribution is -2.54. The molecule has 1 aliphatic carbocycles. The van der Waals surface area contributed by atoms with E-state index in [0.717, 1.165) is 25.7 Å². The summed E-state index contributed by atoms with van der Waals surface area (Å²) in [5, 5.41) is 11.9. The smallest absolute Gasteiger partial charge is 0.316 e. The van der Waals surface area contributed by atoms with Crippen molar-refractivity contribution in [3.8, 4) is 0 Å². The standard InChI is InChI=1S/C11H17NO3/c1-2-8-6-4-3-5-7(6)9(11(14)15)10(13)12-8/h6-9H,2-5H2,1H3,(H,12,13)(H,14,15). The van der Waals surface area contributed by atoms with E-state index in [2.05, 4.69) is 5.32 Å². The van der Waals surface area contributed by atoms with Gasteiger partial charge in [-0.25, -0.2) is 0 Å². The molecule has 1 amide bonds. The third kappa shape index (κ3) is 1.62. The van der Waals surface area contributed by atoms with Crippen molar-refractivity contribution in [2.75, 3.05) is 0 Å². The van der Waals surface area contributed by atoms with Gasteiger partial charge in [-0.15, -0.1) is 0 Å². The summed E-state index contributed by atoms with van der Waals surface area (Å²) < 4.78 is 0. The van der Waals surface area contributed by atoms with Crippen LogP contribution in [0.2, 0.25) is 0 Å². The van der Waals surface area contributed by atoms with Crippen LogP contribution in [0, 0.1) is 17.8 Å². The van der Waals surface area contributed by atoms with Crippen LogP contribution in [-0.4, -0.2) is 23.0 Å². The molecule has 0 bridgehead atoms. The Hall–Kier alpha value is -1.06. The van der Waals surface area contributed by atoms with Crippen LogP contribution in [0.4, 0.5) is 0 Å². The zero-order valence-electron chi connectivity index (χ0n) is 8.90.